The van der Waals surface area contributed by atoms with Crippen LogP contribution in [0.15, 0.2) is 109 Å². The molecule has 2 atom stereocenters. The summed E-state index contributed by atoms with van der Waals surface area (Å²) < 4.78 is 34.4. The third kappa shape index (κ3) is 5.37. The van der Waals surface area contributed by atoms with Crippen molar-refractivity contribution < 1.29 is 17.9 Å². The van der Waals surface area contributed by atoms with Gasteiger partial charge in [0.05, 0.1) is 24.0 Å². The third-order valence-corrected chi connectivity index (χ3v) is 8.19. The van der Waals surface area contributed by atoms with Crippen LogP contribution in [0.2, 0.25) is 0 Å². The Bertz CT molecular complexity index is 1490. The highest BCUT2D eigenvalue weighted by Crippen LogP contribution is 2.36. The number of benzene rings is 4. The Kier molecular flexibility index (Phi) is 6.97. The van der Waals surface area contributed by atoms with Gasteiger partial charge >= 0.3 is 0 Å². The van der Waals surface area contributed by atoms with Crippen LogP contribution in [0, 0.1) is 6.92 Å². The van der Waals surface area contributed by atoms with Gasteiger partial charge in [0.1, 0.15) is 5.75 Å². The lowest BCUT2D eigenvalue weighted by Gasteiger charge is -2.35. The SMILES string of the molecule is Cc1ccccc1[C@@H](NC(=O)[C@@H]1CN(S(=O)(=O)Cc2ccccc2)c2ccccc2O1)c1ccccc1. The fourth-order valence-corrected chi connectivity index (χ4v) is 6.18. The number of carbonyl (C=O) groups excluding carboxylic acids is 1. The summed E-state index contributed by atoms with van der Waals surface area (Å²) in [4.78, 5) is 13.6. The maximum absolute atomic E-state index is 13.6. The van der Waals surface area contributed by atoms with Gasteiger partial charge in [0, 0.05) is 0 Å². The van der Waals surface area contributed by atoms with Crippen LogP contribution in [-0.4, -0.2) is 27.0 Å². The van der Waals surface area contributed by atoms with Crippen molar-refractivity contribution >= 4 is 21.6 Å². The zero-order valence-electron chi connectivity index (χ0n) is 20.4. The molecule has 4 aromatic rings. The molecule has 0 radical (unpaired) electrons. The number of carbonyl (C=O) groups is 1. The number of sulfonamides is 1. The van der Waals surface area contributed by atoms with E-state index in [1.165, 1.54) is 4.31 Å². The van der Waals surface area contributed by atoms with Crippen molar-refractivity contribution in [1.82, 2.24) is 5.32 Å². The molecule has 1 aliphatic rings. The van der Waals surface area contributed by atoms with Gasteiger partial charge in [-0.3, -0.25) is 9.10 Å². The van der Waals surface area contributed by atoms with Crippen LogP contribution in [-0.2, 0) is 20.6 Å². The molecule has 0 aromatic heterocycles. The second-order valence-corrected chi connectivity index (χ2v) is 10.9. The molecule has 0 saturated carbocycles. The summed E-state index contributed by atoms with van der Waals surface area (Å²) in [5.41, 5.74) is 4.04. The molecule has 1 amide bonds. The molecule has 0 aliphatic carbocycles. The molecule has 6 nitrogen and oxygen atoms in total. The van der Waals surface area contributed by atoms with Crippen molar-refractivity contribution in [3.05, 3.63) is 131 Å². The Morgan fingerprint density at radius 3 is 2.24 bits per heavy atom. The van der Waals surface area contributed by atoms with Crippen LogP contribution in [0.25, 0.3) is 0 Å². The number of aryl methyl sites for hydroxylation is 1. The predicted molar refractivity (Wildman–Crippen MR) is 145 cm³/mol. The number of fused-ring (bicyclic) bond motifs is 1. The molecule has 0 fully saturated rings. The van der Waals surface area contributed by atoms with E-state index in [1.807, 2.05) is 79.7 Å². The first-order valence-electron chi connectivity index (χ1n) is 12.1. The third-order valence-electron chi connectivity index (χ3n) is 6.47. The van der Waals surface area contributed by atoms with E-state index in [0.29, 0.717) is 17.0 Å². The Hall–Kier alpha value is -4.10. The fraction of sp³-hybridized carbons (Fsp3) is 0.167. The molecule has 188 valence electrons. The predicted octanol–water partition coefficient (Wildman–Crippen LogP) is 5.00. The lowest BCUT2D eigenvalue weighted by molar-refractivity contribution is -0.128. The lowest BCUT2D eigenvalue weighted by Crippen LogP contribution is -2.51. The summed E-state index contributed by atoms with van der Waals surface area (Å²) in [5.74, 6) is -0.198. The summed E-state index contributed by atoms with van der Waals surface area (Å²) >= 11 is 0. The molecule has 5 rings (SSSR count). The maximum Gasteiger partial charge on any atom is 0.263 e. The number of hydrogen-bond acceptors (Lipinski definition) is 4. The monoisotopic (exact) mass is 512 g/mol. The minimum absolute atomic E-state index is 0.118. The van der Waals surface area contributed by atoms with Gasteiger partial charge in [-0.1, -0.05) is 97.1 Å². The van der Waals surface area contributed by atoms with Gasteiger partial charge in [0.25, 0.3) is 5.91 Å². The molecular weight excluding hydrogens is 484 g/mol. The largest absolute Gasteiger partial charge is 0.476 e. The minimum atomic E-state index is -3.78. The number of anilines is 1. The normalized spacial score (nSPS) is 15.8. The van der Waals surface area contributed by atoms with Crippen molar-refractivity contribution in [2.24, 2.45) is 0 Å². The van der Waals surface area contributed by atoms with Gasteiger partial charge in [-0.05, 0) is 41.3 Å². The number of amides is 1. The van der Waals surface area contributed by atoms with E-state index in [1.54, 1.807) is 36.4 Å². The van der Waals surface area contributed by atoms with Gasteiger partial charge in [-0.2, -0.15) is 0 Å². The number of para-hydroxylation sites is 2. The fourth-order valence-electron chi connectivity index (χ4n) is 4.60. The van der Waals surface area contributed by atoms with E-state index in [-0.39, 0.29) is 18.2 Å². The first-order valence-corrected chi connectivity index (χ1v) is 13.7. The van der Waals surface area contributed by atoms with Gasteiger partial charge in [0.2, 0.25) is 10.0 Å². The molecule has 0 saturated heterocycles. The molecule has 0 spiro atoms. The molecule has 1 N–H and O–H groups in total. The van der Waals surface area contributed by atoms with Gasteiger partial charge in [-0.15, -0.1) is 0 Å². The lowest BCUT2D eigenvalue weighted by atomic mass is 9.94. The van der Waals surface area contributed by atoms with Crippen LogP contribution in [0.5, 0.6) is 5.75 Å². The molecule has 7 heteroatoms. The van der Waals surface area contributed by atoms with E-state index < -0.39 is 22.2 Å². The summed E-state index contributed by atoms with van der Waals surface area (Å²) in [7, 11) is -3.78. The first kappa shape index (κ1) is 24.6. The highest BCUT2D eigenvalue weighted by molar-refractivity contribution is 7.92. The molecule has 4 aromatic carbocycles. The Labute approximate surface area is 217 Å². The second-order valence-electron chi connectivity index (χ2n) is 9.06. The van der Waals surface area contributed by atoms with Crippen molar-refractivity contribution in [2.75, 3.05) is 10.8 Å². The highest BCUT2D eigenvalue weighted by Gasteiger charge is 2.37. The summed E-state index contributed by atoms with van der Waals surface area (Å²) in [6, 6.07) is 33.1. The Morgan fingerprint density at radius 2 is 1.51 bits per heavy atom. The number of nitrogens with zero attached hydrogens (tertiary/aromatic N) is 1. The maximum atomic E-state index is 13.6. The highest BCUT2D eigenvalue weighted by atomic mass is 32.2. The van der Waals surface area contributed by atoms with Crippen LogP contribution in [0.1, 0.15) is 28.3 Å². The summed E-state index contributed by atoms with van der Waals surface area (Å²) in [6.07, 6.45) is -1.02. The number of ether oxygens (including phenoxy) is 1. The van der Waals surface area contributed by atoms with E-state index in [9.17, 15) is 13.2 Å². The average Bonchev–Trinajstić information content (AvgIpc) is 2.92. The van der Waals surface area contributed by atoms with Gasteiger partial charge < -0.3 is 10.1 Å². The number of hydrogen-bond donors (Lipinski definition) is 1. The smallest absolute Gasteiger partial charge is 0.263 e. The zero-order chi connectivity index (χ0) is 25.8. The molecule has 0 unspecified atom stereocenters. The van der Waals surface area contributed by atoms with Gasteiger partial charge in [-0.25, -0.2) is 8.42 Å². The first-order chi connectivity index (χ1) is 17.9. The van der Waals surface area contributed by atoms with E-state index >= 15 is 0 Å². The Balaban J connectivity index is 1.45. The van der Waals surface area contributed by atoms with E-state index in [0.717, 1.165) is 16.7 Å². The molecule has 37 heavy (non-hydrogen) atoms. The van der Waals surface area contributed by atoms with Crippen molar-refractivity contribution in [3.8, 4) is 5.75 Å². The molecule has 1 aliphatic heterocycles. The number of rotatable bonds is 7. The second kappa shape index (κ2) is 10.5. The number of nitrogens with one attached hydrogen (secondary N) is 1. The van der Waals surface area contributed by atoms with Crippen molar-refractivity contribution in [1.29, 1.82) is 0 Å². The molecule has 0 bridgehead atoms. The summed E-state index contributed by atoms with van der Waals surface area (Å²) in [6.45, 7) is 1.88. The topological polar surface area (TPSA) is 75.7 Å². The van der Waals surface area contributed by atoms with E-state index in [4.69, 9.17) is 4.74 Å². The van der Waals surface area contributed by atoms with Crippen LogP contribution in [0.4, 0.5) is 5.69 Å². The molecular formula is C30H28N2O4S. The van der Waals surface area contributed by atoms with Crippen LogP contribution >= 0.6 is 0 Å². The summed E-state index contributed by atoms with van der Waals surface area (Å²) in [5, 5.41) is 3.13. The molecule has 1 heterocycles. The Morgan fingerprint density at radius 1 is 0.892 bits per heavy atom. The van der Waals surface area contributed by atoms with E-state index in [2.05, 4.69) is 5.32 Å². The minimum Gasteiger partial charge on any atom is -0.476 e. The van der Waals surface area contributed by atoms with Crippen LogP contribution < -0.4 is 14.4 Å². The standard InChI is InChI=1S/C30H28N2O4S/c1-22-12-8-9-17-25(22)29(24-15-6-3-7-16-24)31-30(33)28-20-32(26-18-10-11-19-27(26)36-28)37(34,35)21-23-13-4-2-5-14-23/h2-19,28-29H,20-21H2,1H3,(H,31,33)/t28-,29-/m0/s1. The van der Waals surface area contributed by atoms with Crippen LogP contribution in [0.3, 0.4) is 0 Å². The quantitative estimate of drug-likeness (QED) is 0.378. The zero-order valence-corrected chi connectivity index (χ0v) is 21.3. The van der Waals surface area contributed by atoms with Crippen molar-refractivity contribution in [2.45, 2.75) is 24.8 Å². The average molecular weight is 513 g/mol. The van der Waals surface area contributed by atoms with Crippen molar-refractivity contribution in [3.63, 3.8) is 0 Å². The van der Waals surface area contributed by atoms with Gasteiger partial charge in [0.15, 0.2) is 6.10 Å².